The van der Waals surface area contributed by atoms with Crippen molar-refractivity contribution in [2.45, 2.75) is 38.3 Å². The Hall–Kier alpha value is -0.520. The quantitative estimate of drug-likeness (QED) is 0.890. The van der Waals surface area contributed by atoms with Crippen LogP contribution in [-0.2, 0) is 6.54 Å². The van der Waals surface area contributed by atoms with Gasteiger partial charge in [-0.05, 0) is 66.2 Å². The molecule has 0 unspecified atom stereocenters. The van der Waals surface area contributed by atoms with Gasteiger partial charge in [-0.3, -0.25) is 0 Å². The molecule has 1 aromatic heterocycles. The fourth-order valence-corrected chi connectivity index (χ4v) is 2.45. The number of nitrogens with one attached hydrogen (secondary N) is 1. The fraction of sp³-hybridized carbons (Fsp3) is 0.667. The lowest BCUT2D eigenvalue weighted by atomic mass is 9.86. The lowest BCUT2D eigenvalue weighted by molar-refractivity contribution is 0.314. The van der Waals surface area contributed by atoms with Crippen LogP contribution in [0.5, 0.6) is 0 Å². The van der Waals surface area contributed by atoms with E-state index < -0.39 is 0 Å². The molecule has 0 radical (unpaired) electrons. The molecule has 94 valence electrons. The molecule has 17 heavy (non-hydrogen) atoms. The predicted octanol–water partition coefficient (Wildman–Crippen LogP) is 1.85. The Labute approximate surface area is 111 Å². The number of hydrogen-bond acceptors (Lipinski definition) is 4. The van der Waals surface area contributed by atoms with Gasteiger partial charge in [-0.2, -0.15) is 5.10 Å². The number of nitrogens with two attached hydrogens (primary N) is 1. The SMILES string of the molecule is NC1CCC(CNCc2ccc(Br)nn2)CC1. The van der Waals surface area contributed by atoms with Crippen molar-refractivity contribution in [3.63, 3.8) is 0 Å². The van der Waals surface area contributed by atoms with E-state index in [4.69, 9.17) is 5.73 Å². The molecule has 1 saturated carbocycles. The molecule has 1 aromatic rings. The Morgan fingerprint density at radius 2 is 2.00 bits per heavy atom. The second-order valence-electron chi connectivity index (χ2n) is 4.76. The second-order valence-corrected chi connectivity index (χ2v) is 5.57. The number of hydrogen-bond donors (Lipinski definition) is 2. The normalized spacial score (nSPS) is 24.8. The van der Waals surface area contributed by atoms with Gasteiger partial charge < -0.3 is 11.1 Å². The van der Waals surface area contributed by atoms with Gasteiger partial charge in [0.05, 0.1) is 5.69 Å². The molecule has 1 heterocycles. The van der Waals surface area contributed by atoms with Crippen molar-refractivity contribution in [1.82, 2.24) is 15.5 Å². The van der Waals surface area contributed by atoms with Crippen LogP contribution in [0.4, 0.5) is 0 Å². The second kappa shape index (κ2) is 6.42. The summed E-state index contributed by atoms with van der Waals surface area (Å²) in [6.07, 6.45) is 4.84. The zero-order chi connectivity index (χ0) is 12.1. The molecule has 3 N–H and O–H groups in total. The van der Waals surface area contributed by atoms with Gasteiger partial charge in [0.15, 0.2) is 0 Å². The first-order chi connectivity index (χ1) is 8.24. The van der Waals surface area contributed by atoms with E-state index in [1.807, 2.05) is 12.1 Å². The minimum absolute atomic E-state index is 0.434. The van der Waals surface area contributed by atoms with Crippen LogP contribution < -0.4 is 11.1 Å². The monoisotopic (exact) mass is 298 g/mol. The van der Waals surface area contributed by atoms with Crippen LogP contribution in [-0.4, -0.2) is 22.8 Å². The van der Waals surface area contributed by atoms with E-state index in [9.17, 15) is 0 Å². The third kappa shape index (κ3) is 4.33. The van der Waals surface area contributed by atoms with Gasteiger partial charge >= 0.3 is 0 Å². The lowest BCUT2D eigenvalue weighted by Gasteiger charge is -2.26. The van der Waals surface area contributed by atoms with Gasteiger partial charge in [-0.25, -0.2) is 0 Å². The summed E-state index contributed by atoms with van der Waals surface area (Å²) in [6.45, 7) is 1.85. The minimum Gasteiger partial charge on any atom is -0.328 e. The van der Waals surface area contributed by atoms with E-state index in [0.717, 1.165) is 29.3 Å². The molecule has 0 aromatic carbocycles. The van der Waals surface area contributed by atoms with Crippen molar-refractivity contribution in [1.29, 1.82) is 0 Å². The van der Waals surface area contributed by atoms with Crippen molar-refractivity contribution in [2.24, 2.45) is 11.7 Å². The molecule has 0 aliphatic heterocycles. The summed E-state index contributed by atoms with van der Waals surface area (Å²) in [4.78, 5) is 0. The first-order valence-corrected chi connectivity index (χ1v) is 6.98. The summed E-state index contributed by atoms with van der Waals surface area (Å²) in [5.74, 6) is 0.776. The molecule has 1 fully saturated rings. The van der Waals surface area contributed by atoms with Crippen molar-refractivity contribution >= 4 is 15.9 Å². The third-order valence-corrected chi connectivity index (χ3v) is 3.74. The third-order valence-electron chi connectivity index (χ3n) is 3.32. The lowest BCUT2D eigenvalue weighted by Crippen LogP contribution is -2.31. The molecule has 0 amide bonds. The first kappa shape index (κ1) is 12.9. The van der Waals surface area contributed by atoms with Gasteiger partial charge in [0.25, 0.3) is 0 Å². The molecule has 0 spiro atoms. The number of halogens is 1. The average Bonchev–Trinajstić information content (AvgIpc) is 2.34. The zero-order valence-electron chi connectivity index (χ0n) is 9.90. The molecular weight excluding hydrogens is 280 g/mol. The van der Waals surface area contributed by atoms with E-state index in [0.29, 0.717) is 6.04 Å². The molecular formula is C12H19BrN4. The average molecular weight is 299 g/mol. The maximum atomic E-state index is 5.89. The Balaban J connectivity index is 1.67. The molecule has 0 bridgehead atoms. The van der Waals surface area contributed by atoms with Crippen LogP contribution in [0.25, 0.3) is 0 Å². The molecule has 0 atom stereocenters. The predicted molar refractivity (Wildman–Crippen MR) is 71.4 cm³/mol. The van der Waals surface area contributed by atoms with Gasteiger partial charge in [0.1, 0.15) is 4.60 Å². The number of rotatable bonds is 4. The maximum Gasteiger partial charge on any atom is 0.128 e. The van der Waals surface area contributed by atoms with Crippen LogP contribution in [0.2, 0.25) is 0 Å². The summed E-state index contributed by atoms with van der Waals surface area (Å²) < 4.78 is 0.780. The maximum absolute atomic E-state index is 5.89. The van der Waals surface area contributed by atoms with Crippen LogP contribution in [0.3, 0.4) is 0 Å². The number of aromatic nitrogens is 2. The highest BCUT2D eigenvalue weighted by Crippen LogP contribution is 2.22. The fourth-order valence-electron chi connectivity index (χ4n) is 2.23. The molecule has 1 aliphatic carbocycles. The highest BCUT2D eigenvalue weighted by atomic mass is 79.9. The van der Waals surface area contributed by atoms with Crippen LogP contribution in [0, 0.1) is 5.92 Å². The molecule has 2 rings (SSSR count). The Morgan fingerprint density at radius 1 is 1.24 bits per heavy atom. The van der Waals surface area contributed by atoms with Crippen molar-refractivity contribution in [3.05, 3.63) is 22.4 Å². The van der Waals surface area contributed by atoms with Gasteiger partial charge in [-0.1, -0.05) is 0 Å². The number of nitrogens with zero attached hydrogens (tertiary/aromatic N) is 2. The van der Waals surface area contributed by atoms with Crippen LogP contribution in [0.1, 0.15) is 31.4 Å². The highest BCUT2D eigenvalue weighted by molar-refractivity contribution is 9.10. The highest BCUT2D eigenvalue weighted by Gasteiger charge is 2.17. The molecule has 4 nitrogen and oxygen atoms in total. The van der Waals surface area contributed by atoms with Crippen LogP contribution in [0.15, 0.2) is 16.7 Å². The van der Waals surface area contributed by atoms with Gasteiger partial charge in [0, 0.05) is 12.6 Å². The summed E-state index contributed by atoms with van der Waals surface area (Å²) in [5, 5.41) is 11.5. The Bertz CT molecular complexity index is 333. The van der Waals surface area contributed by atoms with E-state index in [1.54, 1.807) is 0 Å². The topological polar surface area (TPSA) is 63.8 Å². The molecule has 0 saturated heterocycles. The standard InChI is InChI=1S/C12H19BrN4/c13-12-6-5-11(16-17-12)8-15-7-9-1-3-10(14)4-2-9/h5-6,9-10,15H,1-4,7-8,14H2. The van der Waals surface area contributed by atoms with E-state index in [2.05, 4.69) is 31.4 Å². The van der Waals surface area contributed by atoms with Crippen molar-refractivity contribution in [2.75, 3.05) is 6.54 Å². The van der Waals surface area contributed by atoms with E-state index in [1.165, 1.54) is 25.7 Å². The summed E-state index contributed by atoms with van der Waals surface area (Å²) in [6, 6.07) is 4.34. The molecule has 5 heteroatoms. The van der Waals surface area contributed by atoms with E-state index >= 15 is 0 Å². The van der Waals surface area contributed by atoms with E-state index in [-0.39, 0.29) is 0 Å². The smallest absolute Gasteiger partial charge is 0.128 e. The first-order valence-electron chi connectivity index (χ1n) is 6.18. The minimum atomic E-state index is 0.434. The summed E-state index contributed by atoms with van der Waals surface area (Å²) >= 11 is 3.28. The largest absolute Gasteiger partial charge is 0.328 e. The van der Waals surface area contributed by atoms with Gasteiger partial charge in [0.2, 0.25) is 0 Å². The molecule has 1 aliphatic rings. The Morgan fingerprint density at radius 3 is 2.65 bits per heavy atom. The Kier molecular flexibility index (Phi) is 4.88. The zero-order valence-corrected chi connectivity index (χ0v) is 11.5. The summed E-state index contributed by atoms with van der Waals surface area (Å²) in [7, 11) is 0. The van der Waals surface area contributed by atoms with Crippen LogP contribution >= 0.6 is 15.9 Å². The van der Waals surface area contributed by atoms with Gasteiger partial charge in [-0.15, -0.1) is 5.10 Å². The van der Waals surface area contributed by atoms with Crippen molar-refractivity contribution in [3.8, 4) is 0 Å². The van der Waals surface area contributed by atoms with Crippen molar-refractivity contribution < 1.29 is 0 Å². The summed E-state index contributed by atoms with van der Waals surface area (Å²) in [5.41, 5.74) is 6.87.